The number of halogens is 1. The van der Waals surface area contributed by atoms with Crippen molar-refractivity contribution in [3.63, 3.8) is 0 Å². The highest BCUT2D eigenvalue weighted by Crippen LogP contribution is 2.24. The number of anilines is 1. The number of piperazine rings is 1. The summed E-state index contributed by atoms with van der Waals surface area (Å²) in [5.74, 6) is 1.67. The monoisotopic (exact) mass is 407 g/mol. The molecule has 0 atom stereocenters. The third-order valence-electron chi connectivity index (χ3n) is 4.97. The lowest BCUT2D eigenvalue weighted by Gasteiger charge is -2.35. The van der Waals surface area contributed by atoms with Crippen LogP contribution in [-0.4, -0.2) is 42.0 Å². The fourth-order valence-electron chi connectivity index (χ4n) is 3.33. The number of aromatic nitrogens is 1. The van der Waals surface area contributed by atoms with Crippen molar-refractivity contribution in [1.82, 2.24) is 9.88 Å². The molecule has 1 saturated heterocycles. The van der Waals surface area contributed by atoms with Gasteiger partial charge < -0.3 is 14.5 Å². The van der Waals surface area contributed by atoms with Gasteiger partial charge in [-0.1, -0.05) is 41.9 Å². The lowest BCUT2D eigenvalue weighted by atomic mass is 10.1. The molecule has 6 heteroatoms. The number of para-hydroxylation sites is 1. The molecule has 0 aliphatic carbocycles. The van der Waals surface area contributed by atoms with E-state index < -0.39 is 0 Å². The minimum absolute atomic E-state index is 0.0595. The summed E-state index contributed by atoms with van der Waals surface area (Å²) in [5, 5.41) is 0.587. The number of ether oxygens (including phenoxy) is 1. The fourth-order valence-corrected chi connectivity index (χ4v) is 3.52. The molecule has 0 radical (unpaired) electrons. The quantitative estimate of drug-likeness (QED) is 0.633. The van der Waals surface area contributed by atoms with Crippen molar-refractivity contribution in [2.75, 3.05) is 31.1 Å². The number of nitrogens with zero attached hydrogens (tertiary/aromatic N) is 3. The van der Waals surface area contributed by atoms with Gasteiger partial charge >= 0.3 is 0 Å². The first-order valence-electron chi connectivity index (χ1n) is 9.62. The second-order valence-electron chi connectivity index (χ2n) is 6.88. The maximum absolute atomic E-state index is 12.8. The Morgan fingerprint density at radius 3 is 2.34 bits per heavy atom. The third kappa shape index (κ3) is 4.69. The molecule has 2 aromatic carbocycles. The Morgan fingerprint density at radius 2 is 1.66 bits per heavy atom. The molecule has 148 valence electrons. The van der Waals surface area contributed by atoms with Crippen LogP contribution in [0, 0.1) is 0 Å². The van der Waals surface area contributed by atoms with Crippen molar-refractivity contribution in [1.29, 1.82) is 0 Å². The van der Waals surface area contributed by atoms with Crippen LogP contribution < -0.4 is 9.64 Å². The number of pyridine rings is 1. The highest BCUT2D eigenvalue weighted by atomic mass is 35.5. The van der Waals surface area contributed by atoms with Gasteiger partial charge in [0.15, 0.2) is 0 Å². The molecule has 29 heavy (non-hydrogen) atoms. The minimum atomic E-state index is 0.0595. The minimum Gasteiger partial charge on any atom is -0.487 e. The van der Waals surface area contributed by atoms with Crippen molar-refractivity contribution < 1.29 is 9.53 Å². The van der Waals surface area contributed by atoms with E-state index in [2.05, 4.69) is 9.88 Å². The average molecular weight is 408 g/mol. The first kappa shape index (κ1) is 19.3. The van der Waals surface area contributed by atoms with Crippen LogP contribution in [0.1, 0.15) is 15.9 Å². The van der Waals surface area contributed by atoms with E-state index in [0.29, 0.717) is 36.0 Å². The summed E-state index contributed by atoms with van der Waals surface area (Å²) in [6.45, 7) is 3.35. The van der Waals surface area contributed by atoms with E-state index in [9.17, 15) is 4.79 Å². The number of hydrogen-bond acceptors (Lipinski definition) is 4. The number of amides is 1. The summed E-state index contributed by atoms with van der Waals surface area (Å²) in [6, 6.07) is 20.9. The van der Waals surface area contributed by atoms with E-state index >= 15 is 0 Å². The van der Waals surface area contributed by atoms with Gasteiger partial charge in [0.25, 0.3) is 5.91 Å². The summed E-state index contributed by atoms with van der Waals surface area (Å²) in [5.41, 5.74) is 1.68. The van der Waals surface area contributed by atoms with Crippen LogP contribution in [-0.2, 0) is 6.61 Å². The summed E-state index contributed by atoms with van der Waals surface area (Å²) in [4.78, 5) is 21.3. The third-order valence-corrected chi connectivity index (χ3v) is 5.28. The number of benzene rings is 2. The predicted molar refractivity (Wildman–Crippen MR) is 115 cm³/mol. The van der Waals surface area contributed by atoms with E-state index in [0.717, 1.165) is 24.5 Å². The highest BCUT2D eigenvalue weighted by Gasteiger charge is 2.22. The molecule has 1 fully saturated rings. The smallest absolute Gasteiger partial charge is 0.253 e. The molecule has 0 unspecified atom stereocenters. The SMILES string of the molecule is O=C(c1ccc(COc2ccccc2Cl)cc1)N1CCN(c2ccccn2)CC1. The van der Waals surface area contributed by atoms with Gasteiger partial charge in [-0.25, -0.2) is 4.98 Å². The van der Waals surface area contributed by atoms with Gasteiger partial charge in [0.1, 0.15) is 18.2 Å². The van der Waals surface area contributed by atoms with Crippen LogP contribution in [0.5, 0.6) is 5.75 Å². The lowest BCUT2D eigenvalue weighted by Crippen LogP contribution is -2.49. The Kier molecular flexibility index (Phi) is 5.96. The van der Waals surface area contributed by atoms with E-state index in [1.807, 2.05) is 65.6 Å². The Hall–Kier alpha value is -3.05. The van der Waals surface area contributed by atoms with Crippen LogP contribution >= 0.6 is 11.6 Å². The molecule has 5 nitrogen and oxygen atoms in total. The number of carbonyl (C=O) groups excluding carboxylic acids is 1. The van der Waals surface area contributed by atoms with Gasteiger partial charge in [-0.3, -0.25) is 4.79 Å². The summed E-state index contributed by atoms with van der Waals surface area (Å²) < 4.78 is 5.75. The highest BCUT2D eigenvalue weighted by molar-refractivity contribution is 6.32. The molecular weight excluding hydrogens is 386 g/mol. The molecular formula is C23H22ClN3O2. The van der Waals surface area contributed by atoms with Gasteiger partial charge in [-0.05, 0) is 42.0 Å². The molecule has 0 N–H and O–H groups in total. The van der Waals surface area contributed by atoms with E-state index in [-0.39, 0.29) is 5.91 Å². The second-order valence-corrected chi connectivity index (χ2v) is 7.29. The van der Waals surface area contributed by atoms with Crippen LogP contribution in [0.3, 0.4) is 0 Å². The van der Waals surface area contributed by atoms with Crippen molar-refractivity contribution in [3.8, 4) is 5.75 Å². The lowest BCUT2D eigenvalue weighted by molar-refractivity contribution is 0.0746. The molecule has 1 aliphatic rings. The van der Waals surface area contributed by atoms with E-state index in [4.69, 9.17) is 16.3 Å². The van der Waals surface area contributed by atoms with Crippen molar-refractivity contribution in [2.24, 2.45) is 0 Å². The van der Waals surface area contributed by atoms with Crippen molar-refractivity contribution in [3.05, 3.63) is 89.1 Å². The van der Waals surface area contributed by atoms with Gasteiger partial charge in [0.05, 0.1) is 5.02 Å². The van der Waals surface area contributed by atoms with Crippen LogP contribution in [0.4, 0.5) is 5.82 Å². The molecule has 4 rings (SSSR count). The van der Waals surface area contributed by atoms with Crippen LogP contribution in [0.15, 0.2) is 72.9 Å². The number of rotatable bonds is 5. The zero-order valence-corrected chi connectivity index (χ0v) is 16.8. The first-order chi connectivity index (χ1) is 14.2. The second kappa shape index (κ2) is 8.97. The number of carbonyl (C=O) groups is 1. The topological polar surface area (TPSA) is 45.7 Å². The Labute approximate surface area is 175 Å². The predicted octanol–water partition coefficient (Wildman–Crippen LogP) is 4.28. The largest absolute Gasteiger partial charge is 0.487 e. The molecule has 0 bridgehead atoms. The van der Waals surface area contributed by atoms with Gasteiger partial charge in [-0.2, -0.15) is 0 Å². The average Bonchev–Trinajstić information content (AvgIpc) is 2.79. The van der Waals surface area contributed by atoms with Gasteiger partial charge in [0.2, 0.25) is 0 Å². The van der Waals surface area contributed by atoms with Crippen molar-refractivity contribution >= 4 is 23.3 Å². The van der Waals surface area contributed by atoms with Crippen LogP contribution in [0.2, 0.25) is 5.02 Å². The van der Waals surface area contributed by atoms with E-state index in [1.165, 1.54) is 0 Å². The summed E-state index contributed by atoms with van der Waals surface area (Å²) in [6.07, 6.45) is 1.80. The zero-order valence-electron chi connectivity index (χ0n) is 16.0. The molecule has 1 aromatic heterocycles. The molecule has 0 saturated carbocycles. The molecule has 0 spiro atoms. The normalized spacial score (nSPS) is 14.0. The van der Waals surface area contributed by atoms with E-state index in [1.54, 1.807) is 12.3 Å². The first-order valence-corrected chi connectivity index (χ1v) is 10.00. The summed E-state index contributed by atoms with van der Waals surface area (Å²) >= 11 is 6.11. The zero-order chi connectivity index (χ0) is 20.1. The standard InChI is InChI=1S/C23H22ClN3O2/c24-20-5-1-2-6-21(20)29-17-18-8-10-19(11-9-18)23(28)27-15-13-26(14-16-27)22-7-3-4-12-25-22/h1-12H,13-17H2. The molecule has 1 amide bonds. The maximum atomic E-state index is 12.8. The molecule has 1 aliphatic heterocycles. The Morgan fingerprint density at radius 1 is 0.931 bits per heavy atom. The Bertz CT molecular complexity index is 955. The number of hydrogen-bond donors (Lipinski definition) is 0. The summed E-state index contributed by atoms with van der Waals surface area (Å²) in [7, 11) is 0. The molecule has 3 aromatic rings. The van der Waals surface area contributed by atoms with Gasteiger partial charge in [-0.15, -0.1) is 0 Å². The van der Waals surface area contributed by atoms with Gasteiger partial charge in [0, 0.05) is 37.9 Å². The fraction of sp³-hybridized carbons (Fsp3) is 0.217. The Balaban J connectivity index is 1.32. The molecule has 2 heterocycles. The van der Waals surface area contributed by atoms with Crippen LogP contribution in [0.25, 0.3) is 0 Å². The van der Waals surface area contributed by atoms with Crippen molar-refractivity contribution in [2.45, 2.75) is 6.61 Å². The maximum Gasteiger partial charge on any atom is 0.253 e.